The molecule has 0 amide bonds. The minimum absolute atomic E-state index is 0.449. The van der Waals surface area contributed by atoms with Gasteiger partial charge in [0.05, 0.1) is 5.69 Å². The summed E-state index contributed by atoms with van der Waals surface area (Å²) in [6, 6.07) is 15.4. The third-order valence-electron chi connectivity index (χ3n) is 2.30. The highest BCUT2D eigenvalue weighted by atomic mass is 79.9. The molecule has 0 atom stereocenters. The molecule has 0 saturated heterocycles. The summed E-state index contributed by atoms with van der Waals surface area (Å²) in [5, 5.41) is 4.15. The molecule has 0 heterocycles. The molecule has 0 radical (unpaired) electrons. The van der Waals surface area contributed by atoms with Gasteiger partial charge in [-0.25, -0.2) is 0 Å². The van der Waals surface area contributed by atoms with Crippen LogP contribution in [-0.2, 0) is 0 Å². The van der Waals surface area contributed by atoms with Crippen LogP contribution in [0.4, 0.5) is 5.69 Å². The second-order valence-corrected chi connectivity index (χ2v) is 5.37. The van der Waals surface area contributed by atoms with Crippen molar-refractivity contribution in [1.82, 2.24) is 0 Å². The molecule has 2 aromatic carbocycles. The third-order valence-corrected chi connectivity index (χ3v) is 3.45. The summed E-state index contributed by atoms with van der Waals surface area (Å²) >= 11 is 6.85. The zero-order valence-electron chi connectivity index (χ0n) is 9.40. The number of halogens is 2. The number of amidine groups is 1. The lowest BCUT2D eigenvalue weighted by molar-refractivity contribution is 1.30. The summed E-state index contributed by atoms with van der Waals surface area (Å²) in [6.45, 7) is 0. The number of hydrogen-bond donors (Lipinski definition) is 2. The van der Waals surface area contributed by atoms with Gasteiger partial charge in [-0.05, 0) is 34.1 Å². The Kier molecular flexibility index (Phi) is 4.38. The Morgan fingerprint density at radius 3 is 2.44 bits per heavy atom. The van der Waals surface area contributed by atoms with Crippen molar-refractivity contribution in [2.24, 2.45) is 10.8 Å². The number of hydrogen-bond acceptors (Lipinski definition) is 2. The van der Waals surface area contributed by atoms with E-state index in [4.69, 9.17) is 5.73 Å². The van der Waals surface area contributed by atoms with Crippen LogP contribution < -0.4 is 11.2 Å². The topological polar surface area (TPSA) is 50.4 Å². The molecule has 5 heteroatoms. The van der Waals surface area contributed by atoms with Crippen molar-refractivity contribution in [3.05, 3.63) is 63.0 Å². The quantitative estimate of drug-likeness (QED) is 0.489. The summed E-state index contributed by atoms with van der Waals surface area (Å²) < 4.78 is 1.92. The molecule has 18 heavy (non-hydrogen) atoms. The van der Waals surface area contributed by atoms with E-state index in [1.165, 1.54) is 0 Å². The van der Waals surface area contributed by atoms with E-state index in [-0.39, 0.29) is 0 Å². The Morgan fingerprint density at radius 1 is 1.06 bits per heavy atom. The van der Waals surface area contributed by atoms with E-state index in [0.717, 1.165) is 20.2 Å². The van der Waals surface area contributed by atoms with Crippen LogP contribution in [0.15, 0.2) is 62.6 Å². The fraction of sp³-hybridized carbons (Fsp3) is 0. The van der Waals surface area contributed by atoms with Gasteiger partial charge in [0.2, 0.25) is 0 Å². The van der Waals surface area contributed by atoms with Gasteiger partial charge in [-0.3, -0.25) is 5.43 Å². The van der Waals surface area contributed by atoms with Crippen LogP contribution in [-0.4, -0.2) is 5.84 Å². The Bertz CT molecular complexity index is 568. The lowest BCUT2D eigenvalue weighted by atomic mass is 10.2. The first-order chi connectivity index (χ1) is 8.66. The van der Waals surface area contributed by atoms with Crippen LogP contribution in [0.3, 0.4) is 0 Å². The molecule has 0 aromatic heterocycles. The van der Waals surface area contributed by atoms with Gasteiger partial charge in [0.1, 0.15) is 0 Å². The van der Waals surface area contributed by atoms with Gasteiger partial charge in [0.25, 0.3) is 0 Å². The summed E-state index contributed by atoms with van der Waals surface area (Å²) in [5.74, 6) is 0.449. The van der Waals surface area contributed by atoms with E-state index in [2.05, 4.69) is 42.4 Å². The van der Waals surface area contributed by atoms with Crippen molar-refractivity contribution in [2.75, 3.05) is 5.43 Å². The average Bonchev–Trinajstić information content (AvgIpc) is 2.38. The molecule has 2 aromatic rings. The van der Waals surface area contributed by atoms with Gasteiger partial charge in [0, 0.05) is 14.5 Å². The van der Waals surface area contributed by atoms with Crippen LogP contribution >= 0.6 is 31.9 Å². The SMILES string of the molecule is NC(=NNc1ccc(Br)cc1Br)c1ccccc1. The predicted molar refractivity (Wildman–Crippen MR) is 82.6 cm³/mol. The molecule has 0 aliphatic carbocycles. The number of nitrogens with one attached hydrogen (secondary N) is 1. The first-order valence-corrected chi connectivity index (χ1v) is 6.85. The van der Waals surface area contributed by atoms with Crippen molar-refractivity contribution in [2.45, 2.75) is 0 Å². The molecule has 0 fully saturated rings. The van der Waals surface area contributed by atoms with E-state index in [9.17, 15) is 0 Å². The summed E-state index contributed by atoms with van der Waals surface area (Å²) in [5.41, 5.74) is 10.6. The van der Waals surface area contributed by atoms with Crippen LogP contribution in [0.5, 0.6) is 0 Å². The molecule has 0 aliphatic rings. The third kappa shape index (κ3) is 3.34. The molecule has 3 N–H and O–H groups in total. The number of anilines is 1. The standard InChI is InChI=1S/C13H11Br2N3/c14-10-6-7-12(11(15)8-10)17-18-13(16)9-4-2-1-3-5-9/h1-8,17H,(H2,16,18). The summed E-state index contributed by atoms with van der Waals surface area (Å²) in [4.78, 5) is 0. The van der Waals surface area contributed by atoms with E-state index < -0.39 is 0 Å². The van der Waals surface area contributed by atoms with Crippen LogP contribution in [0.1, 0.15) is 5.56 Å². The molecule has 92 valence electrons. The first-order valence-electron chi connectivity index (χ1n) is 5.26. The van der Waals surface area contributed by atoms with E-state index in [0.29, 0.717) is 5.84 Å². The van der Waals surface area contributed by atoms with E-state index in [1.807, 2.05) is 48.5 Å². The Labute approximate surface area is 122 Å². The van der Waals surface area contributed by atoms with Gasteiger partial charge >= 0.3 is 0 Å². The molecule has 0 bridgehead atoms. The molecule has 3 nitrogen and oxygen atoms in total. The molecule has 0 aliphatic heterocycles. The Balaban J connectivity index is 2.15. The first kappa shape index (κ1) is 13.1. The number of rotatable bonds is 3. The maximum absolute atomic E-state index is 5.89. The monoisotopic (exact) mass is 367 g/mol. The van der Waals surface area contributed by atoms with Crippen LogP contribution in [0.25, 0.3) is 0 Å². The smallest absolute Gasteiger partial charge is 0.150 e. The van der Waals surface area contributed by atoms with E-state index >= 15 is 0 Å². The molecule has 0 saturated carbocycles. The Morgan fingerprint density at radius 2 is 1.78 bits per heavy atom. The minimum atomic E-state index is 0.449. The van der Waals surface area contributed by atoms with Gasteiger partial charge in [-0.1, -0.05) is 46.3 Å². The molecule has 0 unspecified atom stereocenters. The second kappa shape index (κ2) is 6.02. The lowest BCUT2D eigenvalue weighted by Gasteiger charge is -2.05. The van der Waals surface area contributed by atoms with Crippen LogP contribution in [0, 0.1) is 0 Å². The van der Waals surface area contributed by atoms with Crippen molar-refractivity contribution < 1.29 is 0 Å². The van der Waals surface area contributed by atoms with Gasteiger partial charge < -0.3 is 5.73 Å². The second-order valence-electron chi connectivity index (χ2n) is 3.60. The highest BCUT2D eigenvalue weighted by molar-refractivity contribution is 9.11. The van der Waals surface area contributed by atoms with Crippen LogP contribution in [0.2, 0.25) is 0 Å². The largest absolute Gasteiger partial charge is 0.382 e. The normalized spacial score (nSPS) is 11.3. The number of nitrogens with zero attached hydrogens (tertiary/aromatic N) is 1. The van der Waals surface area contributed by atoms with Gasteiger partial charge in [0.15, 0.2) is 5.84 Å². The fourth-order valence-electron chi connectivity index (χ4n) is 1.37. The van der Waals surface area contributed by atoms with Crippen molar-refractivity contribution in [3.63, 3.8) is 0 Å². The van der Waals surface area contributed by atoms with E-state index in [1.54, 1.807) is 0 Å². The minimum Gasteiger partial charge on any atom is -0.382 e. The zero-order valence-corrected chi connectivity index (χ0v) is 12.6. The van der Waals surface area contributed by atoms with Gasteiger partial charge in [-0.2, -0.15) is 5.10 Å². The molecular formula is C13H11Br2N3. The molecular weight excluding hydrogens is 358 g/mol. The highest BCUT2D eigenvalue weighted by Crippen LogP contribution is 2.26. The summed E-state index contributed by atoms with van der Waals surface area (Å²) in [7, 11) is 0. The molecule has 2 rings (SSSR count). The average molecular weight is 369 g/mol. The van der Waals surface area contributed by atoms with Crippen molar-refractivity contribution >= 4 is 43.4 Å². The highest BCUT2D eigenvalue weighted by Gasteiger charge is 2.00. The molecule has 0 spiro atoms. The zero-order chi connectivity index (χ0) is 13.0. The van der Waals surface area contributed by atoms with Crippen molar-refractivity contribution in [3.8, 4) is 0 Å². The van der Waals surface area contributed by atoms with Crippen molar-refractivity contribution in [1.29, 1.82) is 0 Å². The number of nitrogens with two attached hydrogens (primary N) is 1. The van der Waals surface area contributed by atoms with Gasteiger partial charge in [-0.15, -0.1) is 0 Å². The predicted octanol–water partition coefficient (Wildman–Crippen LogP) is 3.94. The lowest BCUT2D eigenvalue weighted by Crippen LogP contribution is -2.15. The maximum Gasteiger partial charge on any atom is 0.150 e. The maximum atomic E-state index is 5.89. The number of benzene rings is 2. The number of hydrazone groups is 1. The Hall–Kier alpha value is -1.33. The summed E-state index contributed by atoms with van der Waals surface area (Å²) in [6.07, 6.45) is 0. The fourth-order valence-corrected chi connectivity index (χ4v) is 2.51.